The Morgan fingerprint density at radius 2 is 1.83 bits per heavy atom. The van der Waals surface area contributed by atoms with Crippen molar-refractivity contribution < 1.29 is 27.5 Å². The summed E-state index contributed by atoms with van der Waals surface area (Å²) < 4.78 is 18.8. The molecule has 0 aliphatic carbocycles. The van der Waals surface area contributed by atoms with Gasteiger partial charge in [0.1, 0.15) is 0 Å². The molecular formula is C7H11NO6P2S2. The van der Waals surface area contributed by atoms with Gasteiger partial charge >= 0.3 is 15.6 Å². The van der Waals surface area contributed by atoms with E-state index in [1.807, 2.05) is 30.3 Å². The van der Waals surface area contributed by atoms with E-state index >= 15 is 0 Å². The number of phosphoric acid groups is 1. The highest BCUT2D eigenvalue weighted by Gasteiger charge is 2.28. The minimum absolute atomic E-state index is 0.557. The van der Waals surface area contributed by atoms with Gasteiger partial charge in [-0.3, -0.25) is 0 Å². The van der Waals surface area contributed by atoms with Crippen LogP contribution in [0.4, 0.5) is 0 Å². The molecule has 0 radical (unpaired) electrons. The molecule has 0 aromatic heterocycles. The summed E-state index contributed by atoms with van der Waals surface area (Å²) in [5.41, 5.74) is 1.02. The molecule has 0 saturated heterocycles. The third-order valence-corrected chi connectivity index (χ3v) is 5.99. The molecule has 0 aliphatic heterocycles. The minimum Gasteiger partial charge on any atom is -0.318 e. The second-order valence-electron chi connectivity index (χ2n) is 2.98. The van der Waals surface area contributed by atoms with Crippen LogP contribution in [0.25, 0.3) is 0 Å². The molecule has 102 valence electrons. The molecule has 0 heterocycles. The van der Waals surface area contributed by atoms with E-state index in [1.165, 1.54) is 10.8 Å². The van der Waals surface area contributed by atoms with Gasteiger partial charge in [0.05, 0.1) is 11.1 Å². The highest BCUT2D eigenvalue weighted by atomic mass is 33.1. The third kappa shape index (κ3) is 7.58. The van der Waals surface area contributed by atoms with E-state index < -0.39 is 15.6 Å². The number of rotatable bonds is 7. The summed E-state index contributed by atoms with van der Waals surface area (Å²) in [5, 5.41) is 7.06. The second kappa shape index (κ2) is 7.09. The van der Waals surface area contributed by atoms with Crippen LogP contribution in [0, 0.1) is 5.16 Å². The fourth-order valence-electron chi connectivity index (χ4n) is 0.887. The van der Waals surface area contributed by atoms with E-state index in [4.69, 9.17) is 19.8 Å². The lowest BCUT2D eigenvalue weighted by Crippen LogP contribution is -1.87. The van der Waals surface area contributed by atoms with Gasteiger partial charge in [-0.1, -0.05) is 41.1 Å². The summed E-state index contributed by atoms with van der Waals surface area (Å²) in [7, 11) is -8.02. The maximum Gasteiger partial charge on any atom is 0.477 e. The monoisotopic (exact) mass is 331 g/mol. The summed E-state index contributed by atoms with van der Waals surface area (Å²) in [6.45, 7) is 0. The maximum atomic E-state index is 10.4. The molecule has 0 fully saturated rings. The van der Waals surface area contributed by atoms with Gasteiger partial charge < -0.3 is 14.7 Å². The fourth-order valence-corrected chi connectivity index (χ4v) is 4.96. The molecule has 1 rings (SSSR count). The van der Waals surface area contributed by atoms with E-state index in [2.05, 4.69) is 8.28 Å². The SMILES string of the molecule is N=P(O)(OSSCc1ccccc1)OP(=O)(O)O. The van der Waals surface area contributed by atoms with Crippen molar-refractivity contribution in [1.82, 2.24) is 0 Å². The summed E-state index contributed by atoms with van der Waals surface area (Å²) in [6, 6.07) is 9.39. The van der Waals surface area contributed by atoms with Crippen LogP contribution < -0.4 is 0 Å². The molecule has 1 aromatic rings. The molecule has 0 amide bonds. The maximum absolute atomic E-state index is 10.4. The van der Waals surface area contributed by atoms with Gasteiger partial charge in [-0.05, 0) is 5.56 Å². The van der Waals surface area contributed by atoms with Crippen LogP contribution in [-0.2, 0) is 18.6 Å². The molecule has 0 spiro atoms. The lowest BCUT2D eigenvalue weighted by molar-refractivity contribution is 0.261. The van der Waals surface area contributed by atoms with Crippen LogP contribution >= 0.6 is 37.4 Å². The van der Waals surface area contributed by atoms with Gasteiger partial charge in [0, 0.05) is 5.75 Å². The van der Waals surface area contributed by atoms with Crippen LogP contribution in [0.1, 0.15) is 5.56 Å². The Morgan fingerprint density at radius 1 is 1.22 bits per heavy atom. The summed E-state index contributed by atoms with van der Waals surface area (Å²) in [4.78, 5) is 26.0. The lowest BCUT2D eigenvalue weighted by atomic mass is 10.2. The molecule has 4 N–H and O–H groups in total. The first-order chi connectivity index (χ1) is 8.29. The van der Waals surface area contributed by atoms with Crippen LogP contribution in [0.2, 0.25) is 0 Å². The zero-order chi connectivity index (χ0) is 13.6. The average Bonchev–Trinajstić information content (AvgIpc) is 2.23. The zero-order valence-corrected chi connectivity index (χ0v) is 12.3. The molecule has 0 saturated carbocycles. The lowest BCUT2D eigenvalue weighted by Gasteiger charge is -2.13. The molecule has 1 aromatic carbocycles. The van der Waals surface area contributed by atoms with Gasteiger partial charge in [-0.15, -0.1) is 0 Å². The highest BCUT2D eigenvalue weighted by molar-refractivity contribution is 8.75. The van der Waals surface area contributed by atoms with Gasteiger partial charge in [0.25, 0.3) is 0 Å². The minimum atomic E-state index is -4.93. The molecule has 7 nitrogen and oxygen atoms in total. The van der Waals surface area contributed by atoms with E-state index in [9.17, 15) is 4.57 Å². The van der Waals surface area contributed by atoms with E-state index in [1.54, 1.807) is 0 Å². The Balaban J connectivity index is 2.30. The second-order valence-corrected chi connectivity index (χ2v) is 8.03. The number of benzene rings is 1. The molecule has 1 atom stereocenters. The standard InChI is InChI=1S/C7H11NO6P2S2/c8-15(9,13-16(10,11)12)14-18-17-6-7-4-2-1-3-5-7/h1-5H,6H2,(H2,8,9)(H2,10,11,12). The summed E-state index contributed by atoms with van der Waals surface area (Å²) in [6.07, 6.45) is 0. The van der Waals surface area contributed by atoms with Gasteiger partial charge in [-0.25, -0.2) is 18.0 Å². The number of hydrogen-bond acceptors (Lipinski definition) is 6. The average molecular weight is 331 g/mol. The molecule has 11 heteroatoms. The zero-order valence-electron chi connectivity index (χ0n) is 8.87. The Bertz CT molecular complexity index is 466. The van der Waals surface area contributed by atoms with Crippen LogP contribution in [0.15, 0.2) is 30.3 Å². The van der Waals surface area contributed by atoms with Gasteiger partial charge in [0.2, 0.25) is 0 Å². The van der Waals surface area contributed by atoms with Crippen molar-refractivity contribution in [2.24, 2.45) is 0 Å². The first-order valence-corrected chi connectivity index (χ1v) is 9.79. The van der Waals surface area contributed by atoms with Crippen molar-refractivity contribution in [1.29, 1.82) is 5.16 Å². The number of hydrogen-bond donors (Lipinski definition) is 4. The molecular weight excluding hydrogens is 320 g/mol. The number of nitrogens with one attached hydrogen (secondary N) is 1. The fraction of sp³-hybridized carbons (Fsp3) is 0.143. The van der Waals surface area contributed by atoms with Crippen molar-refractivity contribution in [2.75, 3.05) is 0 Å². The van der Waals surface area contributed by atoms with E-state index in [-0.39, 0.29) is 0 Å². The first-order valence-electron chi connectivity index (χ1n) is 4.44. The van der Waals surface area contributed by atoms with Gasteiger partial charge in [-0.2, -0.15) is 0 Å². The van der Waals surface area contributed by atoms with Crippen molar-refractivity contribution in [3.8, 4) is 0 Å². The summed E-state index contributed by atoms with van der Waals surface area (Å²) in [5.74, 6) is 0.557. The van der Waals surface area contributed by atoms with Gasteiger partial charge in [0.15, 0.2) is 0 Å². The first kappa shape index (κ1) is 16.2. The highest BCUT2D eigenvalue weighted by Crippen LogP contribution is 2.61. The van der Waals surface area contributed by atoms with Crippen molar-refractivity contribution in [3.63, 3.8) is 0 Å². The topological polar surface area (TPSA) is 120 Å². The normalized spacial score (nSPS) is 15.3. The van der Waals surface area contributed by atoms with Crippen LogP contribution in [0.5, 0.6) is 0 Å². The molecule has 0 bridgehead atoms. The quantitative estimate of drug-likeness (QED) is 0.260. The Kier molecular flexibility index (Phi) is 6.40. The van der Waals surface area contributed by atoms with Crippen LogP contribution in [0.3, 0.4) is 0 Å². The Labute approximate surface area is 112 Å². The molecule has 0 aliphatic rings. The predicted molar refractivity (Wildman–Crippen MR) is 71.4 cm³/mol. The smallest absolute Gasteiger partial charge is 0.318 e. The van der Waals surface area contributed by atoms with E-state index in [0.717, 1.165) is 5.56 Å². The Hall–Kier alpha value is 0.180. The van der Waals surface area contributed by atoms with Crippen LogP contribution in [-0.4, -0.2) is 14.7 Å². The molecule has 1 unspecified atom stereocenters. The Morgan fingerprint density at radius 3 is 2.39 bits per heavy atom. The predicted octanol–water partition coefficient (Wildman–Crippen LogP) is 3.13. The third-order valence-electron chi connectivity index (χ3n) is 1.47. The van der Waals surface area contributed by atoms with E-state index in [0.29, 0.717) is 16.8 Å². The molecule has 18 heavy (non-hydrogen) atoms. The van der Waals surface area contributed by atoms with Crippen molar-refractivity contribution >= 4 is 37.4 Å². The van der Waals surface area contributed by atoms with Crippen molar-refractivity contribution in [3.05, 3.63) is 35.9 Å². The largest absolute Gasteiger partial charge is 0.477 e. The van der Waals surface area contributed by atoms with Crippen molar-refractivity contribution in [2.45, 2.75) is 5.75 Å². The summed E-state index contributed by atoms with van der Waals surface area (Å²) >= 11 is 0.656.